The molecule has 0 aromatic heterocycles. The molecule has 20 heavy (non-hydrogen) atoms. The summed E-state index contributed by atoms with van der Waals surface area (Å²) in [5, 5.41) is 6.20. The first-order valence-electron chi connectivity index (χ1n) is 6.73. The van der Waals surface area contributed by atoms with E-state index < -0.39 is 17.6 Å². The van der Waals surface area contributed by atoms with Gasteiger partial charge < -0.3 is 14.8 Å². The molecule has 0 saturated heterocycles. The first kappa shape index (κ1) is 18.2. The number of hydrogen-bond donors (Lipinski definition) is 2. The number of amides is 2. The number of carbonyl (C=O) groups excluding carboxylic acids is 2. The largest absolute Gasteiger partial charge is 0.480 e. The molecule has 0 spiro atoms. The van der Waals surface area contributed by atoms with E-state index in [1.165, 1.54) is 0 Å². The summed E-state index contributed by atoms with van der Waals surface area (Å²) in [5.41, 5.74) is 1.73. The molecule has 0 saturated carbocycles. The van der Waals surface area contributed by atoms with Crippen molar-refractivity contribution in [2.75, 3.05) is 13.2 Å². The Bertz CT molecular complexity index is 340. The second-order valence-electron chi connectivity index (χ2n) is 5.08. The van der Waals surface area contributed by atoms with Gasteiger partial charge in [0.1, 0.15) is 12.1 Å². The first-order chi connectivity index (χ1) is 9.28. The molecule has 0 aliphatic rings. The summed E-state index contributed by atoms with van der Waals surface area (Å²) < 4.78 is 10.2. The van der Waals surface area contributed by atoms with Gasteiger partial charge in [0.25, 0.3) is 5.91 Å². The average Bonchev–Trinajstić information content (AvgIpc) is 2.32. The molecule has 2 amide bonds. The number of ether oxygens (including phenoxy) is 2. The lowest BCUT2D eigenvalue weighted by Gasteiger charge is -2.19. The van der Waals surface area contributed by atoms with E-state index in [9.17, 15) is 9.59 Å². The van der Waals surface area contributed by atoms with Crippen LogP contribution in [0.25, 0.3) is 0 Å². The van der Waals surface area contributed by atoms with Gasteiger partial charge in [-0.1, -0.05) is 6.92 Å². The van der Waals surface area contributed by atoms with E-state index in [-0.39, 0.29) is 6.54 Å². The second-order valence-corrected chi connectivity index (χ2v) is 5.08. The van der Waals surface area contributed by atoms with Crippen molar-refractivity contribution in [2.24, 2.45) is 5.10 Å². The number of alkyl carbamates (subject to hydrolysis) is 1. The zero-order valence-corrected chi connectivity index (χ0v) is 12.9. The van der Waals surface area contributed by atoms with E-state index in [1.807, 2.05) is 13.8 Å². The highest BCUT2D eigenvalue weighted by molar-refractivity contribution is 5.84. The Kier molecular flexibility index (Phi) is 8.35. The minimum atomic E-state index is -0.643. The Hall–Kier alpha value is -1.79. The molecule has 0 atom stereocenters. The predicted molar refractivity (Wildman–Crippen MR) is 76.3 cm³/mol. The maximum atomic E-state index is 11.5. The van der Waals surface area contributed by atoms with Crippen molar-refractivity contribution in [3.05, 3.63) is 0 Å². The van der Waals surface area contributed by atoms with Crippen molar-refractivity contribution in [1.82, 2.24) is 10.7 Å². The van der Waals surface area contributed by atoms with E-state index >= 15 is 0 Å². The van der Waals surface area contributed by atoms with E-state index in [4.69, 9.17) is 9.47 Å². The van der Waals surface area contributed by atoms with Crippen LogP contribution in [0.15, 0.2) is 5.10 Å². The number of carbonyl (C=O) groups is 2. The van der Waals surface area contributed by atoms with Gasteiger partial charge in [-0.3, -0.25) is 4.79 Å². The molecular formula is C13H25N3O4. The van der Waals surface area contributed by atoms with Crippen molar-refractivity contribution in [3.63, 3.8) is 0 Å². The molecule has 0 heterocycles. The molecule has 116 valence electrons. The Balaban J connectivity index is 4.10. The smallest absolute Gasteiger partial charge is 0.408 e. The van der Waals surface area contributed by atoms with Gasteiger partial charge in [-0.2, -0.15) is 0 Å². The highest BCUT2D eigenvalue weighted by atomic mass is 16.6. The Morgan fingerprint density at radius 1 is 1.20 bits per heavy atom. The molecule has 0 radical (unpaired) electrons. The molecule has 0 rings (SSSR count). The fourth-order valence-electron chi connectivity index (χ4n) is 1.17. The standard InChI is InChI=1S/C13H25N3O4/c1-6-8-11(19-7-2)16-15-10(17)9-14-12(18)20-13(3,4)5/h6-9H2,1-5H3,(H,14,18)(H,15,17)/b16-11+. The van der Waals surface area contributed by atoms with Gasteiger partial charge in [0, 0.05) is 6.42 Å². The number of hydrazone groups is 1. The molecule has 0 aromatic rings. The lowest BCUT2D eigenvalue weighted by atomic mass is 10.2. The number of nitrogens with one attached hydrogen (secondary N) is 2. The van der Waals surface area contributed by atoms with Crippen LogP contribution in [0.3, 0.4) is 0 Å². The van der Waals surface area contributed by atoms with Gasteiger partial charge in [-0.25, -0.2) is 10.2 Å². The minimum Gasteiger partial charge on any atom is -0.480 e. The molecule has 7 nitrogen and oxygen atoms in total. The van der Waals surface area contributed by atoms with Crippen LogP contribution in [0.4, 0.5) is 4.79 Å². The third-order valence-corrected chi connectivity index (χ3v) is 1.87. The average molecular weight is 287 g/mol. The molecule has 0 fully saturated rings. The van der Waals surface area contributed by atoms with E-state index in [0.29, 0.717) is 18.9 Å². The molecule has 0 aliphatic heterocycles. The normalized spacial score (nSPS) is 11.8. The van der Waals surface area contributed by atoms with Crippen LogP contribution in [-0.2, 0) is 14.3 Å². The van der Waals surface area contributed by atoms with Crippen molar-refractivity contribution >= 4 is 17.9 Å². The summed E-state index contributed by atoms with van der Waals surface area (Å²) in [6.07, 6.45) is 0.869. The zero-order valence-electron chi connectivity index (χ0n) is 12.9. The summed E-state index contributed by atoms with van der Waals surface area (Å²) in [6, 6.07) is 0. The van der Waals surface area contributed by atoms with Crippen LogP contribution in [-0.4, -0.2) is 36.7 Å². The van der Waals surface area contributed by atoms with Crippen LogP contribution in [0.1, 0.15) is 47.5 Å². The molecule has 7 heteroatoms. The zero-order chi connectivity index (χ0) is 15.6. The highest BCUT2D eigenvalue weighted by Gasteiger charge is 2.16. The van der Waals surface area contributed by atoms with Crippen molar-refractivity contribution in [1.29, 1.82) is 0 Å². The SMILES string of the molecule is CCC/C(=N\NC(=O)CNC(=O)OC(C)(C)C)OCC. The van der Waals surface area contributed by atoms with Gasteiger partial charge in [0.2, 0.25) is 5.90 Å². The summed E-state index contributed by atoms with van der Waals surface area (Å²) in [5.74, 6) is 0.0322. The van der Waals surface area contributed by atoms with Crippen LogP contribution in [0.5, 0.6) is 0 Å². The van der Waals surface area contributed by atoms with E-state index in [1.54, 1.807) is 20.8 Å². The predicted octanol–water partition coefficient (Wildman–Crippen LogP) is 1.78. The van der Waals surface area contributed by atoms with Crippen LogP contribution in [0, 0.1) is 0 Å². The Morgan fingerprint density at radius 3 is 2.35 bits per heavy atom. The van der Waals surface area contributed by atoms with Crippen LogP contribution < -0.4 is 10.7 Å². The molecule has 0 aromatic carbocycles. The molecule has 0 unspecified atom stereocenters. The monoisotopic (exact) mass is 287 g/mol. The maximum Gasteiger partial charge on any atom is 0.408 e. The van der Waals surface area contributed by atoms with Crippen molar-refractivity contribution in [2.45, 2.75) is 53.1 Å². The summed E-state index contributed by atoms with van der Waals surface area (Å²) in [4.78, 5) is 22.8. The minimum absolute atomic E-state index is 0.204. The number of hydrogen-bond acceptors (Lipinski definition) is 5. The second kappa shape index (κ2) is 9.17. The Labute approximate surface area is 120 Å². The Morgan fingerprint density at radius 2 is 1.85 bits per heavy atom. The fraction of sp³-hybridized carbons (Fsp3) is 0.769. The van der Waals surface area contributed by atoms with Gasteiger partial charge in [-0.15, -0.1) is 5.10 Å². The molecule has 0 bridgehead atoms. The number of rotatable bonds is 6. The maximum absolute atomic E-state index is 11.5. The summed E-state index contributed by atoms with van der Waals surface area (Å²) >= 11 is 0. The fourth-order valence-corrected chi connectivity index (χ4v) is 1.17. The quantitative estimate of drug-likeness (QED) is 0.443. The van der Waals surface area contributed by atoms with Crippen LogP contribution >= 0.6 is 0 Å². The molecule has 0 aliphatic carbocycles. The highest BCUT2D eigenvalue weighted by Crippen LogP contribution is 2.05. The third-order valence-electron chi connectivity index (χ3n) is 1.87. The molecular weight excluding hydrogens is 262 g/mol. The van der Waals surface area contributed by atoms with Crippen molar-refractivity contribution < 1.29 is 19.1 Å². The van der Waals surface area contributed by atoms with Crippen LogP contribution in [0.2, 0.25) is 0 Å². The third kappa shape index (κ3) is 10.2. The van der Waals surface area contributed by atoms with Gasteiger partial charge in [0.05, 0.1) is 6.61 Å². The van der Waals surface area contributed by atoms with Gasteiger partial charge in [-0.05, 0) is 34.1 Å². The number of nitrogens with zero attached hydrogens (tertiary/aromatic N) is 1. The molecule has 2 N–H and O–H groups in total. The van der Waals surface area contributed by atoms with Crippen molar-refractivity contribution in [3.8, 4) is 0 Å². The summed E-state index contributed by atoms with van der Waals surface area (Å²) in [7, 11) is 0. The van der Waals surface area contributed by atoms with Gasteiger partial charge in [0.15, 0.2) is 0 Å². The summed E-state index contributed by atoms with van der Waals surface area (Å²) in [6.45, 7) is 9.36. The topological polar surface area (TPSA) is 89.0 Å². The van der Waals surface area contributed by atoms with E-state index in [2.05, 4.69) is 15.8 Å². The van der Waals surface area contributed by atoms with E-state index in [0.717, 1.165) is 6.42 Å². The first-order valence-corrected chi connectivity index (χ1v) is 6.73. The van der Waals surface area contributed by atoms with Gasteiger partial charge >= 0.3 is 6.09 Å². The lowest BCUT2D eigenvalue weighted by molar-refractivity contribution is -0.120. The lowest BCUT2D eigenvalue weighted by Crippen LogP contribution is -2.38.